The summed E-state index contributed by atoms with van der Waals surface area (Å²) in [5, 5.41) is 11.2. The molecule has 0 spiro atoms. The first-order valence-electron chi connectivity index (χ1n) is 14.2. The SMILES string of the molecule is CC(C)(C)c1cc(C#Cc2ccc(Cl)cc2)c2c(c1)cc(-c1ccc(Cl)cc1)c1c2ccc2ccc3ccccc3c21. The number of rotatable bonds is 1. The molecule has 0 fully saturated rings. The van der Waals surface area contributed by atoms with Crippen molar-refractivity contribution in [2.45, 2.75) is 26.2 Å². The summed E-state index contributed by atoms with van der Waals surface area (Å²) in [6.07, 6.45) is 0. The maximum absolute atomic E-state index is 6.35. The Morgan fingerprint density at radius 2 is 1.19 bits per heavy atom. The van der Waals surface area contributed by atoms with Crippen LogP contribution < -0.4 is 0 Å². The maximum Gasteiger partial charge on any atom is 0.0406 e. The molecule has 0 aliphatic rings. The fourth-order valence-electron chi connectivity index (χ4n) is 5.95. The van der Waals surface area contributed by atoms with Crippen molar-refractivity contribution in [3.8, 4) is 23.0 Å². The average molecular weight is 580 g/mol. The van der Waals surface area contributed by atoms with Crippen molar-refractivity contribution in [3.05, 3.63) is 142 Å². The van der Waals surface area contributed by atoms with Crippen molar-refractivity contribution >= 4 is 66.3 Å². The van der Waals surface area contributed by atoms with Crippen molar-refractivity contribution in [3.63, 3.8) is 0 Å². The van der Waals surface area contributed by atoms with Crippen LogP contribution in [-0.4, -0.2) is 0 Å². The molecule has 0 nitrogen and oxygen atoms in total. The van der Waals surface area contributed by atoms with Gasteiger partial charge in [0, 0.05) is 26.6 Å². The van der Waals surface area contributed by atoms with Gasteiger partial charge in [0.25, 0.3) is 0 Å². The normalized spacial score (nSPS) is 11.7. The lowest BCUT2D eigenvalue weighted by molar-refractivity contribution is 0.591. The number of hydrogen-bond donors (Lipinski definition) is 0. The molecule has 2 heteroatoms. The van der Waals surface area contributed by atoms with E-state index in [0.29, 0.717) is 5.02 Å². The van der Waals surface area contributed by atoms with Gasteiger partial charge in [-0.05, 0) is 108 Å². The zero-order chi connectivity index (χ0) is 29.0. The van der Waals surface area contributed by atoms with E-state index in [0.717, 1.165) is 21.7 Å². The molecule has 202 valence electrons. The molecule has 0 atom stereocenters. The van der Waals surface area contributed by atoms with Crippen LogP contribution >= 0.6 is 23.2 Å². The third-order valence-electron chi connectivity index (χ3n) is 8.12. The van der Waals surface area contributed by atoms with Crippen molar-refractivity contribution in [1.29, 1.82) is 0 Å². The van der Waals surface area contributed by atoms with Crippen LogP contribution in [0.2, 0.25) is 10.0 Å². The molecule has 0 saturated heterocycles. The molecule has 0 aliphatic carbocycles. The molecule has 42 heavy (non-hydrogen) atoms. The van der Waals surface area contributed by atoms with E-state index in [-0.39, 0.29) is 5.41 Å². The predicted molar refractivity (Wildman–Crippen MR) is 183 cm³/mol. The zero-order valence-electron chi connectivity index (χ0n) is 23.7. The summed E-state index contributed by atoms with van der Waals surface area (Å²) in [6.45, 7) is 6.77. The molecule has 0 bridgehead atoms. The summed E-state index contributed by atoms with van der Waals surface area (Å²) in [4.78, 5) is 0. The van der Waals surface area contributed by atoms with Gasteiger partial charge in [-0.15, -0.1) is 0 Å². The molecule has 0 aromatic heterocycles. The fraction of sp³-hybridized carbons (Fsp3) is 0.100. The summed E-state index contributed by atoms with van der Waals surface area (Å²) in [6, 6.07) is 40.5. The van der Waals surface area contributed by atoms with E-state index in [2.05, 4.69) is 111 Å². The molecule has 7 aromatic carbocycles. The Hall–Kier alpha value is -4.28. The molecule has 7 rings (SSSR count). The summed E-state index contributed by atoms with van der Waals surface area (Å²) >= 11 is 12.5. The minimum absolute atomic E-state index is 0.0418. The van der Waals surface area contributed by atoms with E-state index in [9.17, 15) is 0 Å². The highest BCUT2D eigenvalue weighted by molar-refractivity contribution is 6.31. The standard InChI is InChI=1S/C40H28Cl2/c1-40(2,3)31-22-29(11-8-25-9-17-32(41)18-10-25)37-30(23-31)24-36(27-14-19-33(42)20-15-27)39-35(37)21-16-28-13-12-26-6-4-5-7-34(26)38(28)39/h4-7,9-10,12-24H,1-3H3. The molecular formula is C40H28Cl2. The van der Waals surface area contributed by atoms with Gasteiger partial charge in [-0.3, -0.25) is 0 Å². The first-order valence-corrected chi connectivity index (χ1v) is 14.9. The molecule has 7 aromatic rings. The summed E-state index contributed by atoms with van der Waals surface area (Å²) in [5.74, 6) is 6.99. The molecule has 0 N–H and O–H groups in total. The fourth-order valence-corrected chi connectivity index (χ4v) is 6.21. The number of halogens is 2. The van der Waals surface area contributed by atoms with Crippen molar-refractivity contribution in [2.24, 2.45) is 0 Å². The molecule has 0 unspecified atom stereocenters. The van der Waals surface area contributed by atoms with Gasteiger partial charge in [-0.2, -0.15) is 0 Å². The minimum Gasteiger partial charge on any atom is -0.0843 e. The zero-order valence-corrected chi connectivity index (χ0v) is 25.2. The van der Waals surface area contributed by atoms with Crippen LogP contribution in [0.4, 0.5) is 0 Å². The van der Waals surface area contributed by atoms with Crippen LogP contribution in [0.5, 0.6) is 0 Å². The van der Waals surface area contributed by atoms with E-state index >= 15 is 0 Å². The molecule has 0 aliphatic heterocycles. The topological polar surface area (TPSA) is 0 Å². The number of fused-ring (bicyclic) bond motifs is 7. The second kappa shape index (κ2) is 10.2. The van der Waals surface area contributed by atoms with Gasteiger partial charge in [-0.1, -0.05) is 123 Å². The largest absolute Gasteiger partial charge is 0.0843 e. The Morgan fingerprint density at radius 3 is 1.93 bits per heavy atom. The van der Waals surface area contributed by atoms with Gasteiger partial charge in [0.1, 0.15) is 0 Å². The average Bonchev–Trinajstić information content (AvgIpc) is 2.99. The Kier molecular flexibility index (Phi) is 6.47. The van der Waals surface area contributed by atoms with Crippen molar-refractivity contribution < 1.29 is 0 Å². The Bertz CT molecular complexity index is 2220. The highest BCUT2D eigenvalue weighted by atomic mass is 35.5. The van der Waals surface area contributed by atoms with Crippen LogP contribution in [0.3, 0.4) is 0 Å². The van der Waals surface area contributed by atoms with Crippen LogP contribution in [-0.2, 0) is 5.41 Å². The van der Waals surface area contributed by atoms with Gasteiger partial charge < -0.3 is 0 Å². The van der Waals surface area contributed by atoms with E-state index in [1.165, 1.54) is 54.2 Å². The van der Waals surface area contributed by atoms with Crippen LogP contribution in [0.15, 0.2) is 115 Å². The Balaban J connectivity index is 1.67. The second-order valence-electron chi connectivity index (χ2n) is 11.9. The lowest BCUT2D eigenvalue weighted by Crippen LogP contribution is -2.11. The van der Waals surface area contributed by atoms with E-state index in [1.54, 1.807) is 0 Å². The molecule has 0 saturated carbocycles. The summed E-state index contributed by atoms with van der Waals surface area (Å²) < 4.78 is 0. The number of hydrogen-bond acceptors (Lipinski definition) is 0. The van der Waals surface area contributed by atoms with Crippen LogP contribution in [0, 0.1) is 11.8 Å². The summed E-state index contributed by atoms with van der Waals surface area (Å²) in [7, 11) is 0. The van der Waals surface area contributed by atoms with Crippen LogP contribution in [0.1, 0.15) is 37.5 Å². The quantitative estimate of drug-likeness (QED) is 0.134. The Labute approximate surface area is 256 Å². The van der Waals surface area contributed by atoms with Gasteiger partial charge in [-0.25, -0.2) is 0 Å². The summed E-state index contributed by atoms with van der Waals surface area (Å²) in [5.41, 5.74) is 5.51. The van der Waals surface area contributed by atoms with Gasteiger partial charge in [0.2, 0.25) is 0 Å². The smallest absolute Gasteiger partial charge is 0.0406 e. The maximum atomic E-state index is 6.35. The van der Waals surface area contributed by atoms with Crippen LogP contribution in [0.25, 0.3) is 54.2 Å². The third kappa shape index (κ3) is 4.70. The number of benzene rings is 7. The monoisotopic (exact) mass is 578 g/mol. The Morgan fingerprint density at radius 1 is 0.524 bits per heavy atom. The molecule has 0 heterocycles. The molecular weight excluding hydrogens is 551 g/mol. The molecule has 0 radical (unpaired) electrons. The lowest BCUT2D eigenvalue weighted by atomic mass is 9.81. The second-order valence-corrected chi connectivity index (χ2v) is 12.8. The highest BCUT2D eigenvalue weighted by Crippen LogP contribution is 2.43. The van der Waals surface area contributed by atoms with Gasteiger partial charge in [0.05, 0.1) is 0 Å². The van der Waals surface area contributed by atoms with Crippen molar-refractivity contribution in [2.75, 3.05) is 0 Å². The van der Waals surface area contributed by atoms with E-state index in [1.807, 2.05) is 36.4 Å². The van der Waals surface area contributed by atoms with Gasteiger partial charge >= 0.3 is 0 Å². The predicted octanol–water partition coefficient (Wildman–Crippen LogP) is 12.0. The first kappa shape index (κ1) is 26.6. The lowest BCUT2D eigenvalue weighted by Gasteiger charge is -2.22. The first-order chi connectivity index (χ1) is 20.3. The van der Waals surface area contributed by atoms with E-state index in [4.69, 9.17) is 23.2 Å². The molecule has 0 amide bonds. The van der Waals surface area contributed by atoms with Crippen molar-refractivity contribution in [1.82, 2.24) is 0 Å². The third-order valence-corrected chi connectivity index (χ3v) is 8.63. The minimum atomic E-state index is -0.0418. The van der Waals surface area contributed by atoms with E-state index < -0.39 is 0 Å². The highest BCUT2D eigenvalue weighted by Gasteiger charge is 2.20. The van der Waals surface area contributed by atoms with Gasteiger partial charge in [0.15, 0.2) is 0 Å².